The van der Waals surface area contributed by atoms with Gasteiger partial charge in [0.15, 0.2) is 0 Å². The van der Waals surface area contributed by atoms with Crippen molar-refractivity contribution in [1.29, 1.82) is 0 Å². The molecular formula is C28H25Cl3N4O3S. The molecule has 1 heterocycles. The standard InChI is InChI=1S/C28H25Cl3N4O3S/c1-18-7-10-25(11-8-18)39(37,38)34(23-6-4-5-22(29)14-23)17-28(36)33-32-16-21-13-19(2)35(20(21)3)24-9-12-26(30)27(31)15-24/h4-16H,17H2,1-3H3,(H,33,36)/b32-16-. The van der Waals surface area contributed by atoms with Gasteiger partial charge in [0.25, 0.3) is 15.9 Å². The maximum Gasteiger partial charge on any atom is 0.264 e. The van der Waals surface area contributed by atoms with Gasteiger partial charge in [0.2, 0.25) is 0 Å². The van der Waals surface area contributed by atoms with E-state index in [-0.39, 0.29) is 10.6 Å². The number of halogens is 3. The summed E-state index contributed by atoms with van der Waals surface area (Å²) in [4.78, 5) is 12.9. The van der Waals surface area contributed by atoms with Crippen LogP contribution in [0.5, 0.6) is 0 Å². The molecule has 0 unspecified atom stereocenters. The van der Waals surface area contributed by atoms with Crippen molar-refractivity contribution in [1.82, 2.24) is 9.99 Å². The van der Waals surface area contributed by atoms with Crippen LogP contribution in [0.2, 0.25) is 15.1 Å². The molecule has 4 aromatic rings. The summed E-state index contributed by atoms with van der Waals surface area (Å²) in [6.07, 6.45) is 1.51. The molecule has 3 aromatic carbocycles. The second kappa shape index (κ2) is 11.8. The van der Waals surface area contributed by atoms with Gasteiger partial charge >= 0.3 is 0 Å². The van der Waals surface area contributed by atoms with Crippen LogP contribution in [0.1, 0.15) is 22.5 Å². The van der Waals surface area contributed by atoms with E-state index in [0.717, 1.165) is 32.5 Å². The average molecular weight is 604 g/mol. The Hall–Kier alpha value is -3.30. The number of hydrogen-bond acceptors (Lipinski definition) is 4. The summed E-state index contributed by atoms with van der Waals surface area (Å²) in [5.74, 6) is -0.625. The molecule has 0 radical (unpaired) electrons. The fraction of sp³-hybridized carbons (Fsp3) is 0.143. The van der Waals surface area contributed by atoms with E-state index >= 15 is 0 Å². The third-order valence-electron chi connectivity index (χ3n) is 6.02. The highest BCUT2D eigenvalue weighted by Crippen LogP contribution is 2.28. The van der Waals surface area contributed by atoms with Crippen LogP contribution in [-0.2, 0) is 14.8 Å². The van der Waals surface area contributed by atoms with Crippen LogP contribution in [0.3, 0.4) is 0 Å². The third kappa shape index (κ3) is 6.47. The quantitative estimate of drug-likeness (QED) is 0.180. The van der Waals surface area contributed by atoms with Crippen LogP contribution in [0.25, 0.3) is 5.69 Å². The van der Waals surface area contributed by atoms with Crippen molar-refractivity contribution in [3.8, 4) is 5.69 Å². The zero-order chi connectivity index (χ0) is 28.3. The zero-order valence-electron chi connectivity index (χ0n) is 21.3. The Kier molecular flexibility index (Phi) is 8.71. The summed E-state index contributed by atoms with van der Waals surface area (Å²) >= 11 is 18.4. The number of aryl methyl sites for hydroxylation is 2. The molecule has 7 nitrogen and oxygen atoms in total. The SMILES string of the molecule is Cc1ccc(S(=O)(=O)N(CC(=O)N/N=C\c2cc(C)n(-c3ccc(Cl)c(Cl)c3)c2C)c2cccc(Cl)c2)cc1. The summed E-state index contributed by atoms with van der Waals surface area (Å²) in [5.41, 5.74) is 6.99. The number of rotatable bonds is 8. The molecule has 11 heteroatoms. The van der Waals surface area contributed by atoms with Crippen molar-refractivity contribution in [3.63, 3.8) is 0 Å². The first-order chi connectivity index (χ1) is 18.5. The first-order valence-corrected chi connectivity index (χ1v) is 14.4. The van der Waals surface area contributed by atoms with Crippen LogP contribution in [-0.4, -0.2) is 31.7 Å². The zero-order valence-corrected chi connectivity index (χ0v) is 24.4. The van der Waals surface area contributed by atoms with Crippen molar-refractivity contribution in [2.75, 3.05) is 10.8 Å². The van der Waals surface area contributed by atoms with Gasteiger partial charge in [-0.1, -0.05) is 58.6 Å². The van der Waals surface area contributed by atoms with Gasteiger partial charge in [-0.15, -0.1) is 0 Å². The maximum absolute atomic E-state index is 13.5. The van der Waals surface area contributed by atoms with E-state index in [1.54, 1.807) is 42.5 Å². The summed E-state index contributed by atoms with van der Waals surface area (Å²) in [6.45, 7) is 5.20. The highest BCUT2D eigenvalue weighted by atomic mass is 35.5. The van der Waals surface area contributed by atoms with E-state index < -0.39 is 22.5 Å². The number of nitrogens with one attached hydrogen (secondary N) is 1. The fourth-order valence-corrected chi connectivity index (χ4v) is 5.95. The Morgan fingerprint density at radius 2 is 1.67 bits per heavy atom. The van der Waals surface area contributed by atoms with Gasteiger partial charge in [0, 0.05) is 27.7 Å². The first kappa shape index (κ1) is 28.7. The summed E-state index contributed by atoms with van der Waals surface area (Å²) in [7, 11) is -4.07. The van der Waals surface area contributed by atoms with Gasteiger partial charge in [-0.25, -0.2) is 13.8 Å². The summed E-state index contributed by atoms with van der Waals surface area (Å²) in [5, 5.41) is 5.32. The molecule has 1 amide bonds. The molecular weight excluding hydrogens is 579 g/mol. The molecule has 1 aromatic heterocycles. The lowest BCUT2D eigenvalue weighted by molar-refractivity contribution is -0.119. The normalized spacial score (nSPS) is 11.6. The molecule has 0 bridgehead atoms. The number of aromatic nitrogens is 1. The molecule has 0 spiro atoms. The van der Waals surface area contributed by atoms with Crippen molar-refractivity contribution in [2.24, 2.45) is 5.10 Å². The Bertz CT molecular complexity index is 1670. The van der Waals surface area contributed by atoms with Crippen molar-refractivity contribution in [2.45, 2.75) is 25.7 Å². The van der Waals surface area contributed by atoms with Crippen LogP contribution in [0.15, 0.2) is 82.8 Å². The number of hydrogen-bond donors (Lipinski definition) is 1. The van der Waals surface area contributed by atoms with E-state index in [9.17, 15) is 13.2 Å². The van der Waals surface area contributed by atoms with Gasteiger partial charge < -0.3 is 4.57 Å². The third-order valence-corrected chi connectivity index (χ3v) is 8.78. The van der Waals surface area contributed by atoms with Gasteiger partial charge in [-0.3, -0.25) is 9.10 Å². The second-order valence-corrected chi connectivity index (χ2v) is 12.0. The number of amides is 1. The van der Waals surface area contributed by atoms with E-state index in [1.807, 2.05) is 37.5 Å². The minimum Gasteiger partial charge on any atom is -0.318 e. The van der Waals surface area contributed by atoms with E-state index in [2.05, 4.69) is 10.5 Å². The summed E-state index contributed by atoms with van der Waals surface area (Å²) < 4.78 is 30.0. The van der Waals surface area contributed by atoms with Crippen LogP contribution >= 0.6 is 34.8 Å². The molecule has 4 rings (SSSR count). The Morgan fingerprint density at radius 3 is 2.33 bits per heavy atom. The number of carbonyl (C=O) groups is 1. The Balaban J connectivity index is 1.56. The second-order valence-electron chi connectivity index (χ2n) is 8.86. The number of benzene rings is 3. The predicted molar refractivity (Wildman–Crippen MR) is 158 cm³/mol. The number of sulfonamides is 1. The molecule has 0 saturated heterocycles. The van der Waals surface area contributed by atoms with E-state index in [0.29, 0.717) is 15.1 Å². The van der Waals surface area contributed by atoms with Gasteiger partial charge in [-0.05, 0) is 75.4 Å². The fourth-order valence-electron chi connectivity index (χ4n) is 4.06. The van der Waals surface area contributed by atoms with Crippen molar-refractivity contribution < 1.29 is 13.2 Å². The lowest BCUT2D eigenvalue weighted by atomic mass is 10.2. The minimum atomic E-state index is -4.07. The van der Waals surface area contributed by atoms with Gasteiger partial charge in [-0.2, -0.15) is 5.10 Å². The van der Waals surface area contributed by atoms with Crippen LogP contribution in [0.4, 0.5) is 5.69 Å². The van der Waals surface area contributed by atoms with Gasteiger partial charge in [0.05, 0.1) is 26.8 Å². The minimum absolute atomic E-state index is 0.0547. The number of anilines is 1. The van der Waals surface area contributed by atoms with Crippen molar-refractivity contribution >= 4 is 62.6 Å². The van der Waals surface area contributed by atoms with E-state index in [4.69, 9.17) is 34.8 Å². The number of nitrogens with zero attached hydrogens (tertiary/aromatic N) is 3. The van der Waals surface area contributed by atoms with E-state index in [1.165, 1.54) is 24.4 Å². The highest BCUT2D eigenvalue weighted by Gasteiger charge is 2.27. The molecule has 39 heavy (non-hydrogen) atoms. The van der Waals surface area contributed by atoms with Gasteiger partial charge in [0.1, 0.15) is 6.54 Å². The lowest BCUT2D eigenvalue weighted by Crippen LogP contribution is -2.39. The lowest BCUT2D eigenvalue weighted by Gasteiger charge is -2.24. The smallest absolute Gasteiger partial charge is 0.264 e. The molecule has 0 atom stereocenters. The molecule has 1 N–H and O–H groups in total. The molecule has 0 aliphatic heterocycles. The number of carbonyl (C=O) groups excluding carboxylic acids is 1. The number of hydrazone groups is 1. The molecule has 0 saturated carbocycles. The Morgan fingerprint density at radius 1 is 0.949 bits per heavy atom. The first-order valence-electron chi connectivity index (χ1n) is 11.8. The molecule has 0 aliphatic rings. The summed E-state index contributed by atoms with van der Waals surface area (Å²) in [6, 6.07) is 20.0. The topological polar surface area (TPSA) is 83.8 Å². The molecule has 0 aliphatic carbocycles. The largest absolute Gasteiger partial charge is 0.318 e. The van der Waals surface area contributed by atoms with Crippen molar-refractivity contribution in [3.05, 3.63) is 110 Å². The van der Waals surface area contributed by atoms with Crippen LogP contribution < -0.4 is 9.73 Å². The Labute approximate surface area is 242 Å². The maximum atomic E-state index is 13.5. The van der Waals surface area contributed by atoms with Crippen LogP contribution in [0, 0.1) is 20.8 Å². The average Bonchev–Trinajstić information content (AvgIpc) is 3.17. The predicted octanol–water partition coefficient (Wildman–Crippen LogP) is 6.71. The molecule has 202 valence electrons. The highest BCUT2D eigenvalue weighted by molar-refractivity contribution is 7.92. The molecule has 0 fully saturated rings. The monoisotopic (exact) mass is 602 g/mol.